The Morgan fingerprint density at radius 2 is 1.75 bits per heavy atom. The normalized spacial score (nSPS) is 4.25. The minimum absolute atomic E-state index is 0. The Hall–Kier alpha value is 1.99. The molecule has 0 rings (SSSR count). The molecular weight excluding hydrogens is 374 g/mol. The number of rotatable bonds is 0. The van der Waals surface area contributed by atoms with Crippen LogP contribution in [0, 0.1) is 0 Å². The zero-order valence-electron chi connectivity index (χ0n) is 2.86. The molecule has 0 saturated carbocycles. The first-order valence-corrected chi connectivity index (χ1v) is 4.24. The molecule has 0 atom stereocenters. The Morgan fingerprint density at radius 1 is 1.75 bits per heavy atom. The van der Waals surface area contributed by atoms with Crippen LogP contribution < -0.4 is 0 Å². The standard InChI is InChI=1S/BH5SiTe.Pb.2H/c2-1-3;;;/h1,3H,2H3;;;. The van der Waals surface area contributed by atoms with Crippen LogP contribution in [0.5, 0.6) is 0 Å². The molecule has 0 aliphatic heterocycles. The van der Waals surface area contributed by atoms with Gasteiger partial charge in [0, 0.05) is 0 Å². The summed E-state index contributed by atoms with van der Waals surface area (Å²) in [7, 11) is 1.39. The summed E-state index contributed by atoms with van der Waals surface area (Å²) in [4.78, 5) is 0. The van der Waals surface area contributed by atoms with E-state index in [-0.39, 0.29) is 27.3 Å². The van der Waals surface area contributed by atoms with Crippen LogP contribution in [-0.2, 0) is 0 Å². The van der Waals surface area contributed by atoms with Crippen LogP contribution in [0.15, 0.2) is 0 Å². The average molecular weight is 381 g/mol. The van der Waals surface area contributed by atoms with Crippen molar-refractivity contribution in [1.29, 1.82) is 0 Å². The molecule has 0 amide bonds. The SMILES string of the molecule is [PbH2].[SiH3]B[TeH]. The Morgan fingerprint density at radius 3 is 1.75 bits per heavy atom. The molecule has 0 N–H and O–H groups in total. The van der Waals surface area contributed by atoms with E-state index in [0.29, 0.717) is 0 Å². The van der Waals surface area contributed by atoms with E-state index < -0.39 is 0 Å². The molecule has 0 nitrogen and oxygen atoms in total. The maximum absolute atomic E-state index is 1.91. The second-order valence-corrected chi connectivity index (χ2v) is 6.36. The first kappa shape index (κ1) is 9.37. The molecule has 0 aliphatic carbocycles. The van der Waals surface area contributed by atoms with Gasteiger partial charge in [0.25, 0.3) is 0 Å². The van der Waals surface area contributed by atoms with E-state index in [1.165, 1.54) is 14.9 Å². The first-order chi connectivity index (χ1) is 1.41. The molecule has 0 heterocycles. The van der Waals surface area contributed by atoms with Crippen molar-refractivity contribution in [2.24, 2.45) is 0 Å². The summed E-state index contributed by atoms with van der Waals surface area (Å²) in [5, 5.41) is 0. The molecule has 0 unspecified atom stereocenters. The van der Waals surface area contributed by atoms with Gasteiger partial charge >= 0.3 is 64.3 Å². The predicted octanol–water partition coefficient (Wildman–Crippen LogP) is -3.40. The Kier molecular flexibility index (Phi) is 20.8. The fourth-order valence-corrected chi connectivity index (χ4v) is 0. The van der Waals surface area contributed by atoms with Gasteiger partial charge in [0.05, 0.1) is 0 Å². The van der Waals surface area contributed by atoms with Gasteiger partial charge in [0.1, 0.15) is 0 Å². The van der Waals surface area contributed by atoms with Crippen molar-refractivity contribution in [1.82, 2.24) is 0 Å². The molecule has 4 heteroatoms. The van der Waals surface area contributed by atoms with E-state index in [0.717, 1.165) is 0 Å². The quantitative estimate of drug-likeness (QED) is 0.385. The number of hydrogen-bond donors (Lipinski definition) is 0. The third-order valence-electron chi connectivity index (χ3n) is 0. The zero-order valence-corrected chi connectivity index (χ0v) is 12.9. The molecule has 2 radical (unpaired) electrons. The van der Waals surface area contributed by atoms with Crippen LogP contribution in [0.3, 0.4) is 0 Å². The molecular formula is H7BPbSiTe. The fraction of sp³-hybridized carbons (Fsp3) is 0. The van der Waals surface area contributed by atoms with Crippen molar-refractivity contribution < 1.29 is 0 Å². The minimum atomic E-state index is 0. The molecule has 0 aromatic carbocycles. The topological polar surface area (TPSA) is 0 Å². The zero-order chi connectivity index (χ0) is 2.71. The van der Waals surface area contributed by atoms with Crippen molar-refractivity contribution in [3.63, 3.8) is 0 Å². The summed E-state index contributed by atoms with van der Waals surface area (Å²) in [6, 6.07) is 0. The van der Waals surface area contributed by atoms with Crippen LogP contribution in [0.2, 0.25) is 0 Å². The van der Waals surface area contributed by atoms with Crippen molar-refractivity contribution >= 4 is 64.3 Å². The van der Waals surface area contributed by atoms with E-state index in [1.54, 1.807) is 0 Å². The third-order valence-corrected chi connectivity index (χ3v) is 0. The van der Waals surface area contributed by atoms with E-state index in [9.17, 15) is 0 Å². The van der Waals surface area contributed by atoms with Crippen molar-refractivity contribution in [3.8, 4) is 0 Å². The van der Waals surface area contributed by atoms with Crippen LogP contribution in [0.1, 0.15) is 0 Å². The summed E-state index contributed by atoms with van der Waals surface area (Å²) < 4.78 is 1.44. The van der Waals surface area contributed by atoms with Crippen LogP contribution in [0.4, 0.5) is 0 Å². The van der Waals surface area contributed by atoms with Gasteiger partial charge in [-0.15, -0.1) is 0 Å². The Labute approximate surface area is 63.5 Å². The summed E-state index contributed by atoms with van der Waals surface area (Å²) in [5.41, 5.74) is 0. The van der Waals surface area contributed by atoms with Gasteiger partial charge in [-0.25, -0.2) is 0 Å². The van der Waals surface area contributed by atoms with Gasteiger partial charge in [0.15, 0.2) is 0 Å². The van der Waals surface area contributed by atoms with E-state index >= 15 is 0 Å². The third kappa shape index (κ3) is 9.00. The molecule has 0 fully saturated rings. The van der Waals surface area contributed by atoms with Gasteiger partial charge in [0.2, 0.25) is 0 Å². The van der Waals surface area contributed by atoms with Gasteiger partial charge < -0.3 is 0 Å². The molecule has 0 bridgehead atoms. The van der Waals surface area contributed by atoms with Crippen LogP contribution >= 0.6 is 0 Å². The van der Waals surface area contributed by atoms with Crippen LogP contribution in [-0.4, -0.2) is 64.3 Å². The molecule has 0 aliphatic rings. The Balaban J connectivity index is 0. The fourth-order valence-electron chi connectivity index (χ4n) is 0. The van der Waals surface area contributed by atoms with Gasteiger partial charge in [-0.3, -0.25) is 0 Å². The van der Waals surface area contributed by atoms with Crippen molar-refractivity contribution in [3.05, 3.63) is 0 Å². The van der Waals surface area contributed by atoms with E-state index in [1.807, 2.05) is 22.1 Å². The molecule has 0 spiro atoms. The first-order valence-electron chi connectivity index (χ1n) is 1.02. The molecule has 0 saturated heterocycles. The predicted molar refractivity (Wildman–Crippen MR) is 32.8 cm³/mol. The molecule has 0 aromatic rings. The average Bonchev–Trinajstić information content (AvgIpc) is 0.918. The summed E-state index contributed by atoms with van der Waals surface area (Å²) in [6.45, 7) is 0. The van der Waals surface area contributed by atoms with Crippen LogP contribution in [0.25, 0.3) is 0 Å². The van der Waals surface area contributed by atoms with Crippen molar-refractivity contribution in [2.45, 2.75) is 0 Å². The van der Waals surface area contributed by atoms with E-state index in [4.69, 9.17) is 0 Å². The van der Waals surface area contributed by atoms with Gasteiger partial charge in [-0.05, 0) is 0 Å². The summed E-state index contributed by atoms with van der Waals surface area (Å²) in [5.74, 6) is 0. The second-order valence-electron chi connectivity index (χ2n) is 0.316. The molecule has 24 valence electrons. The van der Waals surface area contributed by atoms with Gasteiger partial charge in [-0.1, -0.05) is 0 Å². The van der Waals surface area contributed by atoms with Crippen molar-refractivity contribution in [2.75, 3.05) is 0 Å². The second kappa shape index (κ2) is 8.89. The Bertz CT molecular complexity index is 8.00. The van der Waals surface area contributed by atoms with Gasteiger partial charge in [-0.2, -0.15) is 0 Å². The molecule has 4 heavy (non-hydrogen) atoms. The summed E-state index contributed by atoms with van der Waals surface area (Å²) >= 11 is 1.91. The maximum atomic E-state index is 1.91. The van der Waals surface area contributed by atoms with E-state index in [2.05, 4.69) is 0 Å². The molecule has 0 aromatic heterocycles. The monoisotopic (exact) mass is 384 g/mol. The number of hydrogen-bond acceptors (Lipinski definition) is 0. The summed E-state index contributed by atoms with van der Waals surface area (Å²) in [6.07, 6.45) is 0.